The van der Waals surface area contributed by atoms with Crippen molar-refractivity contribution in [3.63, 3.8) is 0 Å². The van der Waals surface area contributed by atoms with E-state index in [1.54, 1.807) is 37.5 Å². The van der Waals surface area contributed by atoms with Crippen molar-refractivity contribution in [3.8, 4) is 5.75 Å². The first-order chi connectivity index (χ1) is 15.0. The summed E-state index contributed by atoms with van der Waals surface area (Å²) in [6.07, 6.45) is 1.78. The van der Waals surface area contributed by atoms with Crippen molar-refractivity contribution in [2.24, 2.45) is 0 Å². The Hall–Kier alpha value is -2.88. The second-order valence-electron chi connectivity index (χ2n) is 6.88. The van der Waals surface area contributed by atoms with Gasteiger partial charge in [-0.3, -0.25) is 15.0 Å². The molecular weight excluding hydrogens is 434 g/mol. The molecular formula is C22H21N3O4S2. The summed E-state index contributed by atoms with van der Waals surface area (Å²) in [7, 11) is 1.55. The molecule has 9 heteroatoms. The van der Waals surface area contributed by atoms with Gasteiger partial charge in [-0.2, -0.15) is 5.01 Å². The highest BCUT2D eigenvalue weighted by molar-refractivity contribution is 8.26. The van der Waals surface area contributed by atoms with Gasteiger partial charge >= 0.3 is 0 Å². The third-order valence-electron chi connectivity index (χ3n) is 4.93. The number of morpholine rings is 1. The quantitative estimate of drug-likeness (QED) is 0.549. The van der Waals surface area contributed by atoms with Crippen molar-refractivity contribution in [1.82, 2.24) is 10.4 Å². The van der Waals surface area contributed by atoms with Crippen LogP contribution in [0.3, 0.4) is 0 Å². The Bertz CT molecular complexity index is 1020. The number of hydrogen-bond acceptors (Lipinski definition) is 7. The highest BCUT2D eigenvalue weighted by atomic mass is 32.2. The number of methoxy groups -OCH3 is 1. The number of carbonyl (C=O) groups is 2. The predicted molar refractivity (Wildman–Crippen MR) is 125 cm³/mol. The number of rotatable bonds is 5. The maximum atomic E-state index is 12.8. The second kappa shape index (κ2) is 9.51. The predicted octanol–water partition coefficient (Wildman–Crippen LogP) is 3.08. The molecule has 0 atom stereocenters. The summed E-state index contributed by atoms with van der Waals surface area (Å²) >= 11 is 6.46. The topological polar surface area (TPSA) is 71.1 Å². The molecule has 0 bridgehead atoms. The number of amides is 2. The van der Waals surface area contributed by atoms with E-state index in [1.807, 2.05) is 24.3 Å². The van der Waals surface area contributed by atoms with Crippen LogP contribution in [0.15, 0.2) is 53.4 Å². The summed E-state index contributed by atoms with van der Waals surface area (Å²) in [5.41, 5.74) is 5.00. The van der Waals surface area contributed by atoms with Crippen molar-refractivity contribution in [1.29, 1.82) is 0 Å². The highest BCUT2D eigenvalue weighted by Gasteiger charge is 2.33. The molecule has 31 heavy (non-hydrogen) atoms. The fraction of sp³-hybridized carbons (Fsp3) is 0.227. The average Bonchev–Trinajstić information content (AvgIpc) is 3.07. The minimum Gasteiger partial charge on any atom is -0.497 e. The summed E-state index contributed by atoms with van der Waals surface area (Å²) in [4.78, 5) is 28.0. The zero-order chi connectivity index (χ0) is 21.8. The van der Waals surface area contributed by atoms with Crippen LogP contribution in [0.2, 0.25) is 0 Å². The van der Waals surface area contributed by atoms with Gasteiger partial charge in [-0.15, -0.1) is 0 Å². The van der Waals surface area contributed by atoms with Gasteiger partial charge in [-0.25, -0.2) is 0 Å². The molecule has 2 aliphatic heterocycles. The van der Waals surface area contributed by atoms with Gasteiger partial charge in [0.25, 0.3) is 11.8 Å². The van der Waals surface area contributed by atoms with E-state index >= 15 is 0 Å². The van der Waals surface area contributed by atoms with Crippen molar-refractivity contribution < 1.29 is 19.1 Å². The highest BCUT2D eigenvalue weighted by Crippen LogP contribution is 2.32. The normalized spacial score (nSPS) is 17.9. The van der Waals surface area contributed by atoms with Crippen molar-refractivity contribution in [3.05, 3.63) is 64.6 Å². The standard InChI is InChI=1S/C22H21N3O4S2/c1-28-18-8-4-16(5-9-18)20(26)23-25-21(27)19(31-22(25)30)14-15-2-6-17(7-3-15)24-10-12-29-13-11-24/h2-9,14H,10-13H2,1H3,(H,23,26)/b19-14+. The van der Waals surface area contributed by atoms with Crippen molar-refractivity contribution in [2.75, 3.05) is 38.3 Å². The molecule has 2 amide bonds. The van der Waals surface area contributed by atoms with Crippen LogP contribution < -0.4 is 15.1 Å². The number of nitrogens with one attached hydrogen (secondary N) is 1. The third kappa shape index (κ3) is 4.90. The van der Waals surface area contributed by atoms with E-state index in [2.05, 4.69) is 10.3 Å². The molecule has 4 rings (SSSR count). The number of carbonyl (C=O) groups excluding carboxylic acids is 2. The van der Waals surface area contributed by atoms with Crippen LogP contribution in [0.5, 0.6) is 5.75 Å². The zero-order valence-corrected chi connectivity index (χ0v) is 18.5. The maximum Gasteiger partial charge on any atom is 0.285 e. The van der Waals surface area contributed by atoms with Gasteiger partial charge < -0.3 is 14.4 Å². The molecule has 2 fully saturated rings. The van der Waals surface area contributed by atoms with E-state index in [9.17, 15) is 9.59 Å². The number of hydrazine groups is 1. The molecule has 1 N–H and O–H groups in total. The van der Waals surface area contributed by atoms with Gasteiger partial charge in [-0.1, -0.05) is 23.9 Å². The fourth-order valence-electron chi connectivity index (χ4n) is 3.23. The van der Waals surface area contributed by atoms with E-state index < -0.39 is 5.91 Å². The Morgan fingerprint density at radius 1 is 1.13 bits per heavy atom. The fourth-order valence-corrected chi connectivity index (χ4v) is 4.41. The van der Waals surface area contributed by atoms with Crippen LogP contribution in [0.25, 0.3) is 6.08 Å². The van der Waals surface area contributed by atoms with E-state index in [4.69, 9.17) is 21.7 Å². The molecule has 160 valence electrons. The summed E-state index contributed by atoms with van der Waals surface area (Å²) < 4.78 is 10.8. The lowest BCUT2D eigenvalue weighted by molar-refractivity contribution is -0.123. The van der Waals surface area contributed by atoms with E-state index in [0.717, 1.165) is 54.3 Å². The number of nitrogens with zero attached hydrogens (tertiary/aromatic N) is 2. The van der Waals surface area contributed by atoms with Crippen LogP contribution in [-0.4, -0.2) is 54.6 Å². The molecule has 2 heterocycles. The Kier molecular flexibility index (Phi) is 6.55. The Labute approximate surface area is 190 Å². The van der Waals surface area contributed by atoms with E-state index in [0.29, 0.717) is 16.2 Å². The van der Waals surface area contributed by atoms with Crippen LogP contribution in [0.1, 0.15) is 15.9 Å². The third-order valence-corrected chi connectivity index (χ3v) is 6.23. The van der Waals surface area contributed by atoms with Gasteiger partial charge in [0.2, 0.25) is 0 Å². The molecule has 2 aromatic rings. The minimum atomic E-state index is -0.421. The van der Waals surface area contributed by atoms with Crippen LogP contribution in [-0.2, 0) is 9.53 Å². The van der Waals surface area contributed by atoms with E-state index in [1.165, 1.54) is 0 Å². The average molecular weight is 456 g/mol. The Morgan fingerprint density at radius 3 is 2.45 bits per heavy atom. The van der Waals surface area contributed by atoms with Crippen LogP contribution in [0, 0.1) is 0 Å². The van der Waals surface area contributed by atoms with Gasteiger partial charge in [0.05, 0.1) is 25.2 Å². The first-order valence-electron chi connectivity index (χ1n) is 9.71. The largest absolute Gasteiger partial charge is 0.497 e. The number of benzene rings is 2. The molecule has 0 spiro atoms. The lowest BCUT2D eigenvalue weighted by Crippen LogP contribution is -2.44. The maximum absolute atomic E-state index is 12.8. The number of thiocarbonyl (C=S) groups is 1. The van der Waals surface area contributed by atoms with Gasteiger partial charge in [-0.05, 0) is 60.3 Å². The van der Waals surface area contributed by atoms with Crippen LogP contribution in [0.4, 0.5) is 5.69 Å². The Morgan fingerprint density at radius 2 is 1.81 bits per heavy atom. The van der Waals surface area contributed by atoms with Crippen molar-refractivity contribution >= 4 is 51.9 Å². The summed E-state index contributed by atoms with van der Waals surface area (Å²) in [5, 5.41) is 1.11. The molecule has 0 aliphatic carbocycles. The molecule has 2 aromatic carbocycles. The first kappa shape index (κ1) is 21.4. The van der Waals surface area contributed by atoms with E-state index in [-0.39, 0.29) is 10.2 Å². The first-order valence-corrected chi connectivity index (χ1v) is 10.9. The lowest BCUT2D eigenvalue weighted by Gasteiger charge is -2.28. The molecule has 2 aliphatic rings. The molecule has 0 unspecified atom stereocenters. The minimum absolute atomic E-state index is 0.281. The molecule has 7 nitrogen and oxygen atoms in total. The number of hydrogen-bond donors (Lipinski definition) is 1. The van der Waals surface area contributed by atoms with Crippen molar-refractivity contribution in [2.45, 2.75) is 0 Å². The SMILES string of the molecule is COc1ccc(C(=O)NN2C(=O)/C(=C\c3ccc(N4CCOCC4)cc3)SC2=S)cc1. The molecule has 2 saturated heterocycles. The number of ether oxygens (including phenoxy) is 2. The smallest absolute Gasteiger partial charge is 0.285 e. The molecule has 0 radical (unpaired) electrons. The molecule has 0 saturated carbocycles. The summed E-state index contributed by atoms with van der Waals surface area (Å²) in [5.74, 6) is -0.131. The monoisotopic (exact) mass is 455 g/mol. The lowest BCUT2D eigenvalue weighted by atomic mass is 10.1. The van der Waals surface area contributed by atoms with Gasteiger partial charge in [0, 0.05) is 24.3 Å². The Balaban J connectivity index is 1.43. The summed E-state index contributed by atoms with van der Waals surface area (Å²) in [6, 6.07) is 14.6. The zero-order valence-electron chi connectivity index (χ0n) is 16.9. The number of anilines is 1. The summed E-state index contributed by atoms with van der Waals surface area (Å²) in [6.45, 7) is 3.19. The van der Waals surface area contributed by atoms with Gasteiger partial charge in [0.1, 0.15) is 5.75 Å². The second-order valence-corrected chi connectivity index (χ2v) is 8.55. The van der Waals surface area contributed by atoms with Gasteiger partial charge in [0.15, 0.2) is 4.32 Å². The number of thioether (sulfide) groups is 1. The molecule has 0 aromatic heterocycles. The van der Waals surface area contributed by atoms with Crippen LogP contribution >= 0.6 is 24.0 Å².